The summed E-state index contributed by atoms with van der Waals surface area (Å²) < 4.78 is 5.43. The van der Waals surface area contributed by atoms with E-state index in [2.05, 4.69) is 17.2 Å². The number of oxazole rings is 1. The zero-order valence-electron chi connectivity index (χ0n) is 10.4. The maximum atomic E-state index is 5.58. The lowest BCUT2D eigenvalue weighted by molar-refractivity contribution is 0.560. The third-order valence-corrected chi connectivity index (χ3v) is 2.86. The van der Waals surface area contributed by atoms with Crippen LogP contribution >= 0.6 is 0 Å². The largest absolute Gasteiger partial charge is 0.441 e. The van der Waals surface area contributed by atoms with Gasteiger partial charge in [0.25, 0.3) is 0 Å². The van der Waals surface area contributed by atoms with Gasteiger partial charge < -0.3 is 15.5 Å². The Bertz CT molecular complexity index is 492. The molecule has 0 spiro atoms. The Labute approximate surface area is 101 Å². The van der Waals surface area contributed by atoms with Crippen molar-refractivity contribution in [2.24, 2.45) is 11.7 Å². The van der Waals surface area contributed by atoms with Crippen molar-refractivity contribution in [3.05, 3.63) is 24.1 Å². The Kier molecular flexibility index (Phi) is 3.64. The molecule has 4 nitrogen and oxygen atoms in total. The van der Waals surface area contributed by atoms with Crippen LogP contribution in [0.25, 0.3) is 11.1 Å². The van der Waals surface area contributed by atoms with Gasteiger partial charge in [-0.2, -0.15) is 0 Å². The molecule has 0 saturated carbocycles. The van der Waals surface area contributed by atoms with E-state index in [1.54, 1.807) is 0 Å². The summed E-state index contributed by atoms with van der Waals surface area (Å²) >= 11 is 0. The summed E-state index contributed by atoms with van der Waals surface area (Å²) in [5.74, 6) is 1.26. The fourth-order valence-electron chi connectivity index (χ4n) is 1.73. The predicted molar refractivity (Wildman–Crippen MR) is 70.1 cm³/mol. The van der Waals surface area contributed by atoms with E-state index in [9.17, 15) is 0 Å². The third-order valence-electron chi connectivity index (χ3n) is 2.86. The maximum Gasteiger partial charge on any atom is 0.192 e. The van der Waals surface area contributed by atoms with Crippen LogP contribution in [0.2, 0.25) is 0 Å². The maximum absolute atomic E-state index is 5.58. The van der Waals surface area contributed by atoms with E-state index in [1.807, 2.05) is 25.1 Å². The van der Waals surface area contributed by atoms with Crippen LogP contribution in [0.3, 0.4) is 0 Å². The number of benzene rings is 1. The molecule has 0 bridgehead atoms. The number of nitrogens with two attached hydrogens (primary N) is 1. The van der Waals surface area contributed by atoms with E-state index in [0.717, 1.165) is 36.3 Å². The minimum Gasteiger partial charge on any atom is -0.441 e. The molecule has 1 heterocycles. The Morgan fingerprint density at radius 3 is 3.06 bits per heavy atom. The van der Waals surface area contributed by atoms with Gasteiger partial charge in [-0.3, -0.25) is 0 Å². The molecule has 0 radical (unpaired) electrons. The summed E-state index contributed by atoms with van der Waals surface area (Å²) in [5.41, 5.74) is 8.40. The van der Waals surface area contributed by atoms with Gasteiger partial charge in [0.2, 0.25) is 0 Å². The third kappa shape index (κ3) is 2.97. The summed E-state index contributed by atoms with van der Waals surface area (Å²) in [6, 6.07) is 5.98. The van der Waals surface area contributed by atoms with Gasteiger partial charge in [-0.25, -0.2) is 4.98 Å². The molecule has 0 amide bonds. The summed E-state index contributed by atoms with van der Waals surface area (Å²) in [7, 11) is 0. The molecule has 0 saturated heterocycles. The molecule has 1 unspecified atom stereocenters. The number of hydrogen-bond acceptors (Lipinski definition) is 4. The number of aromatic nitrogens is 1. The van der Waals surface area contributed by atoms with Crippen LogP contribution in [-0.2, 0) is 0 Å². The van der Waals surface area contributed by atoms with E-state index < -0.39 is 0 Å². The van der Waals surface area contributed by atoms with Crippen LogP contribution in [-0.4, -0.2) is 18.1 Å². The summed E-state index contributed by atoms with van der Waals surface area (Å²) in [6.45, 7) is 5.69. The molecule has 2 aromatic rings. The fourth-order valence-corrected chi connectivity index (χ4v) is 1.73. The molecule has 0 aliphatic carbocycles. The SMILES string of the molecule is Cc1nc2cc(NCCC(C)CN)ccc2o1. The molecule has 0 fully saturated rings. The fraction of sp³-hybridized carbons (Fsp3) is 0.462. The normalized spacial score (nSPS) is 12.9. The topological polar surface area (TPSA) is 64.1 Å². The second-order valence-corrected chi connectivity index (χ2v) is 4.47. The van der Waals surface area contributed by atoms with Crippen LogP contribution in [0.5, 0.6) is 0 Å². The Morgan fingerprint density at radius 2 is 2.29 bits per heavy atom. The Morgan fingerprint density at radius 1 is 1.47 bits per heavy atom. The number of hydrogen-bond donors (Lipinski definition) is 2. The molecule has 0 aliphatic rings. The standard InChI is InChI=1S/C13H19N3O/c1-9(8-14)5-6-15-11-3-4-13-12(7-11)16-10(2)17-13/h3-4,7,9,15H,5-6,8,14H2,1-2H3. The highest BCUT2D eigenvalue weighted by atomic mass is 16.3. The first-order chi connectivity index (χ1) is 8.19. The van der Waals surface area contributed by atoms with Crippen molar-refractivity contribution in [3.63, 3.8) is 0 Å². The van der Waals surface area contributed by atoms with Gasteiger partial charge in [0.05, 0.1) is 0 Å². The van der Waals surface area contributed by atoms with Crippen molar-refractivity contribution < 1.29 is 4.42 Å². The molecular formula is C13H19N3O. The van der Waals surface area contributed by atoms with Gasteiger partial charge in [-0.05, 0) is 37.1 Å². The molecule has 1 aromatic heterocycles. The van der Waals surface area contributed by atoms with E-state index in [0.29, 0.717) is 11.8 Å². The lowest BCUT2D eigenvalue weighted by Crippen LogP contribution is -2.14. The van der Waals surface area contributed by atoms with Crippen molar-refractivity contribution in [2.75, 3.05) is 18.4 Å². The zero-order chi connectivity index (χ0) is 12.3. The van der Waals surface area contributed by atoms with Crippen molar-refractivity contribution >= 4 is 16.8 Å². The van der Waals surface area contributed by atoms with Gasteiger partial charge in [-0.15, -0.1) is 0 Å². The highest BCUT2D eigenvalue weighted by Gasteiger charge is 2.03. The number of aryl methyl sites for hydroxylation is 1. The van der Waals surface area contributed by atoms with Gasteiger partial charge >= 0.3 is 0 Å². The molecule has 17 heavy (non-hydrogen) atoms. The molecule has 1 atom stereocenters. The quantitative estimate of drug-likeness (QED) is 0.833. The Hall–Kier alpha value is -1.55. The second kappa shape index (κ2) is 5.19. The van der Waals surface area contributed by atoms with Crippen LogP contribution in [0, 0.1) is 12.8 Å². The zero-order valence-corrected chi connectivity index (χ0v) is 10.4. The number of nitrogens with one attached hydrogen (secondary N) is 1. The molecule has 2 rings (SSSR count). The first kappa shape index (κ1) is 11.9. The van der Waals surface area contributed by atoms with Gasteiger partial charge in [0.15, 0.2) is 11.5 Å². The molecule has 0 aliphatic heterocycles. The van der Waals surface area contributed by atoms with Crippen LogP contribution in [0.15, 0.2) is 22.6 Å². The van der Waals surface area contributed by atoms with Crippen LogP contribution in [0.1, 0.15) is 19.2 Å². The summed E-state index contributed by atoms with van der Waals surface area (Å²) in [6.07, 6.45) is 1.08. The summed E-state index contributed by atoms with van der Waals surface area (Å²) in [5, 5.41) is 3.37. The molecule has 1 aromatic carbocycles. The van der Waals surface area contributed by atoms with Gasteiger partial charge in [0, 0.05) is 19.2 Å². The molecular weight excluding hydrogens is 214 g/mol. The van der Waals surface area contributed by atoms with E-state index in [-0.39, 0.29) is 0 Å². The smallest absolute Gasteiger partial charge is 0.192 e. The second-order valence-electron chi connectivity index (χ2n) is 4.47. The number of anilines is 1. The highest BCUT2D eigenvalue weighted by Crippen LogP contribution is 2.19. The monoisotopic (exact) mass is 233 g/mol. The average Bonchev–Trinajstić information content (AvgIpc) is 2.68. The Balaban J connectivity index is 1.99. The molecule has 92 valence electrons. The van der Waals surface area contributed by atoms with Gasteiger partial charge in [0.1, 0.15) is 5.52 Å². The van der Waals surface area contributed by atoms with E-state index in [4.69, 9.17) is 10.2 Å². The summed E-state index contributed by atoms with van der Waals surface area (Å²) in [4.78, 5) is 4.31. The van der Waals surface area contributed by atoms with Crippen LogP contribution in [0.4, 0.5) is 5.69 Å². The predicted octanol–water partition coefficient (Wildman–Crippen LogP) is 2.53. The molecule has 3 N–H and O–H groups in total. The van der Waals surface area contributed by atoms with Crippen molar-refractivity contribution in [1.29, 1.82) is 0 Å². The van der Waals surface area contributed by atoms with Crippen molar-refractivity contribution in [3.8, 4) is 0 Å². The number of rotatable bonds is 5. The minimum atomic E-state index is 0.556. The average molecular weight is 233 g/mol. The van der Waals surface area contributed by atoms with E-state index >= 15 is 0 Å². The first-order valence-electron chi connectivity index (χ1n) is 6.00. The lowest BCUT2D eigenvalue weighted by atomic mass is 10.1. The van der Waals surface area contributed by atoms with Crippen molar-refractivity contribution in [1.82, 2.24) is 4.98 Å². The number of fused-ring (bicyclic) bond motifs is 1. The van der Waals surface area contributed by atoms with E-state index in [1.165, 1.54) is 0 Å². The van der Waals surface area contributed by atoms with Crippen molar-refractivity contribution in [2.45, 2.75) is 20.3 Å². The van der Waals surface area contributed by atoms with Gasteiger partial charge in [-0.1, -0.05) is 6.92 Å². The minimum absolute atomic E-state index is 0.556. The number of nitrogens with zero attached hydrogens (tertiary/aromatic N) is 1. The van der Waals surface area contributed by atoms with Crippen LogP contribution < -0.4 is 11.1 Å². The molecule has 4 heteroatoms. The lowest BCUT2D eigenvalue weighted by Gasteiger charge is -2.10. The highest BCUT2D eigenvalue weighted by molar-refractivity contribution is 5.77. The first-order valence-corrected chi connectivity index (χ1v) is 6.00.